The van der Waals surface area contributed by atoms with Gasteiger partial charge in [0.05, 0.1) is 5.71 Å². The van der Waals surface area contributed by atoms with Crippen molar-refractivity contribution in [3.05, 3.63) is 35.4 Å². The fraction of sp³-hybridized carbons (Fsp3) is 0.529. The maximum Gasteiger partial charge on any atom is 0.331 e. The van der Waals surface area contributed by atoms with E-state index in [-0.39, 0.29) is 12.0 Å². The summed E-state index contributed by atoms with van der Waals surface area (Å²) in [6, 6.07) is 8.02. The largest absolute Gasteiger partial charge is 0.451 e. The fourth-order valence-electron chi connectivity index (χ4n) is 3.13. The molecule has 0 N–H and O–H groups in total. The van der Waals surface area contributed by atoms with Crippen molar-refractivity contribution >= 4 is 11.7 Å². The van der Waals surface area contributed by atoms with E-state index in [9.17, 15) is 4.79 Å². The Kier molecular flexibility index (Phi) is 3.36. The quantitative estimate of drug-likeness (QED) is 0.791. The van der Waals surface area contributed by atoms with E-state index < -0.39 is 5.60 Å². The minimum Gasteiger partial charge on any atom is -0.451 e. The molecule has 0 unspecified atom stereocenters. The normalized spacial score (nSPS) is 28.2. The molecule has 106 valence electrons. The van der Waals surface area contributed by atoms with Gasteiger partial charge in [0.2, 0.25) is 0 Å². The van der Waals surface area contributed by atoms with E-state index in [0.29, 0.717) is 0 Å². The number of hydrogen-bond donors (Lipinski definition) is 0. The van der Waals surface area contributed by atoms with E-state index in [2.05, 4.69) is 25.1 Å². The second-order valence-corrected chi connectivity index (χ2v) is 5.94. The minimum atomic E-state index is -0.534. The third-order valence-corrected chi connectivity index (χ3v) is 4.36. The van der Waals surface area contributed by atoms with Crippen LogP contribution >= 0.6 is 0 Å². The highest BCUT2D eigenvalue weighted by molar-refractivity contribution is 6.11. The van der Waals surface area contributed by atoms with Gasteiger partial charge >= 0.3 is 5.97 Å². The summed E-state index contributed by atoms with van der Waals surface area (Å²) in [5, 5.41) is 0. The lowest BCUT2D eigenvalue weighted by Crippen LogP contribution is -2.50. The maximum atomic E-state index is 12.1. The molecule has 3 nitrogen and oxygen atoms in total. The molecule has 0 saturated heterocycles. The lowest BCUT2D eigenvalue weighted by Gasteiger charge is -2.40. The number of carbonyl (C=O) groups excluding carboxylic acids is 1. The summed E-state index contributed by atoms with van der Waals surface area (Å²) in [6.07, 6.45) is 4.64. The monoisotopic (exact) mass is 271 g/mol. The van der Waals surface area contributed by atoms with Crippen molar-refractivity contribution in [3.63, 3.8) is 0 Å². The Bertz CT molecular complexity index is 564. The summed E-state index contributed by atoms with van der Waals surface area (Å²) < 4.78 is 5.77. The molecule has 1 aliphatic heterocycles. The first kappa shape index (κ1) is 13.3. The standard InChI is InChI=1S/C17H21NO2/c1-3-4-9-14-16(19)20-17(2)11-10-12-7-5-6-8-13(12)15(17)18-14/h5-8,14H,3-4,9-11H2,1-2H3/t14-,17+/m0/s1. The predicted octanol–water partition coefficient (Wildman–Crippen LogP) is 3.30. The summed E-state index contributed by atoms with van der Waals surface area (Å²) in [6.45, 7) is 4.12. The molecular weight excluding hydrogens is 250 g/mol. The number of carbonyl (C=O) groups is 1. The summed E-state index contributed by atoms with van der Waals surface area (Å²) in [5.74, 6) is -0.149. The zero-order valence-corrected chi connectivity index (χ0v) is 12.2. The number of benzene rings is 1. The number of nitrogens with zero attached hydrogens (tertiary/aromatic N) is 1. The van der Waals surface area contributed by atoms with Gasteiger partial charge in [0.25, 0.3) is 0 Å². The van der Waals surface area contributed by atoms with E-state index >= 15 is 0 Å². The van der Waals surface area contributed by atoms with Crippen molar-refractivity contribution in [1.29, 1.82) is 0 Å². The molecular formula is C17H21NO2. The van der Waals surface area contributed by atoms with Crippen LogP contribution in [0.5, 0.6) is 0 Å². The van der Waals surface area contributed by atoms with E-state index in [4.69, 9.17) is 9.73 Å². The Morgan fingerprint density at radius 1 is 1.40 bits per heavy atom. The molecule has 20 heavy (non-hydrogen) atoms. The van der Waals surface area contributed by atoms with Crippen molar-refractivity contribution in [2.45, 2.75) is 57.6 Å². The Morgan fingerprint density at radius 3 is 3.00 bits per heavy atom. The van der Waals surface area contributed by atoms with Gasteiger partial charge in [0.1, 0.15) is 6.04 Å². The molecule has 0 radical (unpaired) electrons. The molecule has 1 heterocycles. The van der Waals surface area contributed by atoms with Crippen LogP contribution in [-0.4, -0.2) is 23.3 Å². The van der Waals surface area contributed by atoms with Crippen LogP contribution in [0.15, 0.2) is 29.3 Å². The Morgan fingerprint density at radius 2 is 2.20 bits per heavy atom. The van der Waals surface area contributed by atoms with E-state index in [1.165, 1.54) is 5.56 Å². The van der Waals surface area contributed by atoms with Crippen LogP contribution in [-0.2, 0) is 16.0 Å². The van der Waals surface area contributed by atoms with Gasteiger partial charge in [-0.15, -0.1) is 0 Å². The first-order valence-electron chi connectivity index (χ1n) is 7.53. The number of aryl methyl sites for hydroxylation is 1. The van der Waals surface area contributed by atoms with Crippen molar-refractivity contribution in [3.8, 4) is 0 Å². The summed E-state index contributed by atoms with van der Waals surface area (Å²) in [4.78, 5) is 16.9. The topological polar surface area (TPSA) is 38.7 Å². The van der Waals surface area contributed by atoms with Gasteiger partial charge in [0.15, 0.2) is 5.60 Å². The molecule has 0 aromatic heterocycles. The number of unbranched alkanes of at least 4 members (excludes halogenated alkanes) is 1. The lowest BCUT2D eigenvalue weighted by atomic mass is 9.78. The molecule has 0 fully saturated rings. The van der Waals surface area contributed by atoms with Gasteiger partial charge in [-0.2, -0.15) is 0 Å². The van der Waals surface area contributed by atoms with Crippen molar-refractivity contribution in [2.24, 2.45) is 4.99 Å². The highest BCUT2D eigenvalue weighted by atomic mass is 16.6. The number of rotatable bonds is 3. The van der Waals surface area contributed by atoms with Gasteiger partial charge < -0.3 is 4.74 Å². The van der Waals surface area contributed by atoms with E-state index in [1.54, 1.807) is 0 Å². The first-order valence-corrected chi connectivity index (χ1v) is 7.53. The molecule has 1 aromatic rings. The van der Waals surface area contributed by atoms with Crippen LogP contribution in [0.3, 0.4) is 0 Å². The molecule has 0 spiro atoms. The second-order valence-electron chi connectivity index (χ2n) is 5.94. The summed E-state index contributed by atoms with van der Waals surface area (Å²) in [7, 11) is 0. The van der Waals surface area contributed by atoms with Crippen molar-refractivity contribution in [1.82, 2.24) is 0 Å². The SMILES string of the molecule is CCCC[C@@H]1N=C2c3ccccc3CC[C@@]2(C)OC1=O. The number of aliphatic imine (C=N–C) groups is 1. The van der Waals surface area contributed by atoms with Gasteiger partial charge in [-0.3, -0.25) is 4.99 Å². The third kappa shape index (κ3) is 2.15. The lowest BCUT2D eigenvalue weighted by molar-refractivity contribution is -0.156. The molecule has 2 atom stereocenters. The molecule has 1 aromatic carbocycles. The predicted molar refractivity (Wildman–Crippen MR) is 79.1 cm³/mol. The molecule has 0 amide bonds. The van der Waals surface area contributed by atoms with E-state index in [1.807, 2.05) is 13.0 Å². The number of fused-ring (bicyclic) bond motifs is 3. The molecule has 1 aliphatic carbocycles. The Labute approximate surface area is 120 Å². The molecule has 0 saturated carbocycles. The van der Waals surface area contributed by atoms with Crippen LogP contribution < -0.4 is 0 Å². The highest BCUT2D eigenvalue weighted by Crippen LogP contribution is 2.35. The number of hydrogen-bond acceptors (Lipinski definition) is 3. The molecule has 2 aliphatic rings. The Balaban J connectivity index is 2.01. The van der Waals surface area contributed by atoms with Gasteiger partial charge in [-0.05, 0) is 31.7 Å². The highest BCUT2D eigenvalue weighted by Gasteiger charge is 2.44. The number of esters is 1. The fourth-order valence-corrected chi connectivity index (χ4v) is 3.13. The minimum absolute atomic E-state index is 0.149. The van der Waals surface area contributed by atoms with Crippen LogP contribution in [0.1, 0.15) is 50.7 Å². The van der Waals surface area contributed by atoms with Gasteiger partial charge in [-0.1, -0.05) is 44.0 Å². The van der Waals surface area contributed by atoms with Gasteiger partial charge in [-0.25, -0.2) is 4.79 Å². The second kappa shape index (κ2) is 5.04. The molecule has 3 rings (SSSR count). The van der Waals surface area contributed by atoms with Crippen LogP contribution in [0.2, 0.25) is 0 Å². The summed E-state index contributed by atoms with van der Waals surface area (Å²) in [5.41, 5.74) is 2.92. The van der Waals surface area contributed by atoms with Crippen LogP contribution in [0.25, 0.3) is 0 Å². The molecule has 0 bridgehead atoms. The zero-order chi connectivity index (χ0) is 14.2. The third-order valence-electron chi connectivity index (χ3n) is 4.36. The average Bonchev–Trinajstić information content (AvgIpc) is 2.45. The van der Waals surface area contributed by atoms with Crippen LogP contribution in [0.4, 0.5) is 0 Å². The summed E-state index contributed by atoms with van der Waals surface area (Å²) >= 11 is 0. The van der Waals surface area contributed by atoms with Crippen molar-refractivity contribution in [2.75, 3.05) is 0 Å². The zero-order valence-electron chi connectivity index (χ0n) is 12.2. The first-order chi connectivity index (χ1) is 9.64. The van der Waals surface area contributed by atoms with Gasteiger partial charge in [0, 0.05) is 5.56 Å². The average molecular weight is 271 g/mol. The number of ether oxygens (including phenoxy) is 1. The Hall–Kier alpha value is -1.64. The van der Waals surface area contributed by atoms with Crippen LogP contribution in [0, 0.1) is 0 Å². The maximum absolute atomic E-state index is 12.1. The van der Waals surface area contributed by atoms with E-state index in [0.717, 1.165) is 43.4 Å². The smallest absolute Gasteiger partial charge is 0.331 e. The van der Waals surface area contributed by atoms with Crippen molar-refractivity contribution < 1.29 is 9.53 Å². The molecule has 3 heteroatoms.